The lowest BCUT2D eigenvalue weighted by molar-refractivity contribution is 0.917. The van der Waals surface area contributed by atoms with Crippen LogP contribution in [0.3, 0.4) is 0 Å². The van der Waals surface area contributed by atoms with Crippen molar-refractivity contribution in [3.63, 3.8) is 0 Å². The number of anilines is 2. The molecule has 116 valence electrons. The monoisotopic (exact) mass is 306 g/mol. The van der Waals surface area contributed by atoms with Crippen LogP contribution in [0.5, 0.6) is 0 Å². The second-order valence-corrected chi connectivity index (χ2v) is 5.00. The lowest BCUT2D eigenvalue weighted by Crippen LogP contribution is -2.10. The number of aromatic nitrogens is 4. The summed E-state index contributed by atoms with van der Waals surface area (Å²) >= 11 is 0. The zero-order valence-corrected chi connectivity index (χ0v) is 12.7. The van der Waals surface area contributed by atoms with E-state index in [4.69, 9.17) is 0 Å². The van der Waals surface area contributed by atoms with Gasteiger partial charge in [-0.25, -0.2) is 0 Å². The number of pyridine rings is 1. The van der Waals surface area contributed by atoms with E-state index in [0.717, 1.165) is 18.7 Å². The van der Waals surface area contributed by atoms with Crippen LogP contribution < -0.4 is 10.6 Å². The Hall–Kier alpha value is -3.02. The summed E-state index contributed by atoms with van der Waals surface area (Å²) < 4.78 is 0. The Morgan fingerprint density at radius 3 is 2.61 bits per heavy atom. The molecule has 23 heavy (non-hydrogen) atoms. The molecule has 0 atom stereocenters. The molecule has 0 fully saturated rings. The Labute approximate surface area is 135 Å². The number of hydrogen-bond donors (Lipinski definition) is 2. The van der Waals surface area contributed by atoms with E-state index < -0.39 is 0 Å². The number of rotatable bonds is 7. The van der Waals surface area contributed by atoms with Crippen LogP contribution in [0.2, 0.25) is 0 Å². The molecule has 0 aliphatic rings. The molecule has 2 N–H and O–H groups in total. The highest BCUT2D eigenvalue weighted by molar-refractivity contribution is 5.37. The van der Waals surface area contributed by atoms with Gasteiger partial charge in [0.25, 0.3) is 0 Å². The number of nitrogens with zero attached hydrogens (tertiary/aromatic N) is 4. The molecule has 6 heteroatoms. The zero-order valence-electron chi connectivity index (χ0n) is 12.7. The molecule has 0 unspecified atom stereocenters. The first kappa shape index (κ1) is 14.9. The van der Waals surface area contributed by atoms with Crippen molar-refractivity contribution >= 4 is 11.8 Å². The zero-order chi connectivity index (χ0) is 15.7. The molecular formula is C17H18N6. The molecule has 3 rings (SSSR count). The van der Waals surface area contributed by atoms with E-state index in [-0.39, 0.29) is 0 Å². The molecule has 0 spiro atoms. The van der Waals surface area contributed by atoms with Gasteiger partial charge in [-0.15, -0.1) is 5.10 Å². The maximum absolute atomic E-state index is 4.40. The van der Waals surface area contributed by atoms with Gasteiger partial charge in [-0.2, -0.15) is 10.1 Å². The molecule has 0 saturated carbocycles. The second kappa shape index (κ2) is 7.84. The molecule has 0 aliphatic carbocycles. The van der Waals surface area contributed by atoms with E-state index >= 15 is 0 Å². The van der Waals surface area contributed by atoms with Gasteiger partial charge in [0.1, 0.15) is 0 Å². The molecule has 0 amide bonds. The molecule has 0 radical (unpaired) electrons. The number of nitrogens with one attached hydrogen (secondary N) is 2. The molecule has 2 heterocycles. The normalized spacial score (nSPS) is 10.3. The van der Waals surface area contributed by atoms with Crippen LogP contribution in [-0.2, 0) is 13.0 Å². The molecule has 3 aromatic rings. The summed E-state index contributed by atoms with van der Waals surface area (Å²) in [6, 6.07) is 16.1. The molecule has 0 aliphatic heterocycles. The summed E-state index contributed by atoms with van der Waals surface area (Å²) in [6.45, 7) is 1.36. The third-order valence-electron chi connectivity index (χ3n) is 3.28. The predicted octanol–water partition coefficient (Wildman–Crippen LogP) is 2.53. The number of hydrogen-bond acceptors (Lipinski definition) is 6. The predicted molar refractivity (Wildman–Crippen MR) is 90.0 cm³/mol. The Balaban J connectivity index is 1.51. The fraction of sp³-hybridized carbons (Fsp3) is 0.176. The van der Waals surface area contributed by atoms with E-state index in [1.54, 1.807) is 12.4 Å². The van der Waals surface area contributed by atoms with Gasteiger partial charge in [0.2, 0.25) is 5.95 Å². The summed E-state index contributed by atoms with van der Waals surface area (Å²) in [6.07, 6.45) is 4.28. The molecule has 1 aromatic carbocycles. The van der Waals surface area contributed by atoms with Gasteiger partial charge in [0.15, 0.2) is 5.82 Å². The summed E-state index contributed by atoms with van der Waals surface area (Å²) in [5.41, 5.74) is 2.22. The fourth-order valence-corrected chi connectivity index (χ4v) is 2.11. The molecule has 6 nitrogen and oxygen atoms in total. The van der Waals surface area contributed by atoms with Crippen molar-refractivity contribution in [1.29, 1.82) is 0 Å². The molecular weight excluding hydrogens is 288 g/mol. The Morgan fingerprint density at radius 2 is 1.78 bits per heavy atom. The summed E-state index contributed by atoms with van der Waals surface area (Å²) in [5.74, 6) is 1.19. The summed E-state index contributed by atoms with van der Waals surface area (Å²) in [4.78, 5) is 8.65. The third-order valence-corrected chi connectivity index (χ3v) is 3.28. The van der Waals surface area contributed by atoms with E-state index in [0.29, 0.717) is 18.3 Å². The largest absolute Gasteiger partial charge is 0.363 e. The fourth-order valence-electron chi connectivity index (χ4n) is 2.11. The van der Waals surface area contributed by atoms with Crippen LogP contribution in [0.15, 0.2) is 60.9 Å². The van der Waals surface area contributed by atoms with Gasteiger partial charge in [0, 0.05) is 12.7 Å². The molecule has 0 saturated heterocycles. The lowest BCUT2D eigenvalue weighted by Gasteiger charge is -2.07. The minimum absolute atomic E-state index is 0.520. The lowest BCUT2D eigenvalue weighted by atomic mass is 10.1. The van der Waals surface area contributed by atoms with Crippen LogP contribution in [-0.4, -0.2) is 26.7 Å². The first-order valence-corrected chi connectivity index (χ1v) is 7.51. The van der Waals surface area contributed by atoms with Crippen molar-refractivity contribution in [3.05, 3.63) is 72.2 Å². The minimum atomic E-state index is 0.520. The second-order valence-electron chi connectivity index (χ2n) is 5.00. The van der Waals surface area contributed by atoms with Crippen LogP contribution in [0, 0.1) is 0 Å². The smallest absolute Gasteiger partial charge is 0.244 e. The van der Waals surface area contributed by atoms with Crippen molar-refractivity contribution in [1.82, 2.24) is 20.2 Å². The highest BCUT2D eigenvalue weighted by Crippen LogP contribution is 2.06. The summed E-state index contributed by atoms with van der Waals surface area (Å²) in [5, 5.41) is 14.3. The topological polar surface area (TPSA) is 75.6 Å². The first-order chi connectivity index (χ1) is 11.4. The van der Waals surface area contributed by atoms with E-state index in [1.165, 1.54) is 5.56 Å². The highest BCUT2D eigenvalue weighted by atomic mass is 15.3. The molecule has 2 aromatic heterocycles. The maximum Gasteiger partial charge on any atom is 0.244 e. The highest BCUT2D eigenvalue weighted by Gasteiger charge is 2.01. The van der Waals surface area contributed by atoms with Gasteiger partial charge in [-0.1, -0.05) is 36.4 Å². The van der Waals surface area contributed by atoms with Crippen molar-refractivity contribution in [3.8, 4) is 0 Å². The van der Waals surface area contributed by atoms with Crippen LogP contribution in [0.25, 0.3) is 0 Å². The Bertz CT molecular complexity index is 717. The van der Waals surface area contributed by atoms with Crippen molar-refractivity contribution < 1.29 is 0 Å². The average Bonchev–Trinajstić information content (AvgIpc) is 2.62. The Kier molecular flexibility index (Phi) is 5.08. The van der Waals surface area contributed by atoms with Crippen molar-refractivity contribution in [2.75, 3.05) is 17.2 Å². The maximum atomic E-state index is 4.40. The van der Waals surface area contributed by atoms with Gasteiger partial charge < -0.3 is 10.6 Å². The van der Waals surface area contributed by atoms with Crippen molar-refractivity contribution in [2.24, 2.45) is 0 Å². The SMILES string of the molecule is c1ccc(CCNc2nncc(NCc3ccccn3)n2)cc1. The van der Waals surface area contributed by atoms with Crippen molar-refractivity contribution in [2.45, 2.75) is 13.0 Å². The number of benzene rings is 1. The van der Waals surface area contributed by atoms with E-state index in [2.05, 4.69) is 42.9 Å². The quantitative estimate of drug-likeness (QED) is 0.698. The third kappa shape index (κ3) is 4.74. The molecule has 0 bridgehead atoms. The van der Waals surface area contributed by atoms with Crippen LogP contribution >= 0.6 is 0 Å². The van der Waals surface area contributed by atoms with E-state index in [9.17, 15) is 0 Å². The first-order valence-electron chi connectivity index (χ1n) is 7.51. The van der Waals surface area contributed by atoms with Crippen LogP contribution in [0.4, 0.5) is 11.8 Å². The van der Waals surface area contributed by atoms with Gasteiger partial charge in [-0.05, 0) is 24.1 Å². The standard InChI is InChI=1S/C17H18N6/c1-2-6-14(7-3-1)9-11-19-17-22-16(13-21-23-17)20-12-15-8-4-5-10-18-15/h1-8,10,13H,9,11-12H2,(H2,19,20,22,23). The minimum Gasteiger partial charge on any atom is -0.363 e. The van der Waals surface area contributed by atoms with Crippen LogP contribution in [0.1, 0.15) is 11.3 Å². The van der Waals surface area contributed by atoms with Gasteiger partial charge in [-0.3, -0.25) is 4.98 Å². The van der Waals surface area contributed by atoms with Gasteiger partial charge >= 0.3 is 0 Å². The average molecular weight is 306 g/mol. The van der Waals surface area contributed by atoms with Gasteiger partial charge in [0.05, 0.1) is 18.4 Å². The summed E-state index contributed by atoms with van der Waals surface area (Å²) in [7, 11) is 0. The Morgan fingerprint density at radius 1 is 0.913 bits per heavy atom. The van der Waals surface area contributed by atoms with E-state index in [1.807, 2.05) is 36.4 Å².